The SMILES string of the molecule is CN=C(NCCCC(=O)Nc1ccc(Cl)cc1)NCC1CC(=O)Nc2ccccc21. The van der Waals surface area contributed by atoms with E-state index in [2.05, 4.69) is 26.3 Å². The van der Waals surface area contributed by atoms with Crippen LogP contribution >= 0.6 is 11.6 Å². The van der Waals surface area contributed by atoms with Crippen molar-refractivity contribution in [3.05, 3.63) is 59.1 Å². The number of anilines is 2. The maximum Gasteiger partial charge on any atom is 0.225 e. The summed E-state index contributed by atoms with van der Waals surface area (Å²) in [5, 5.41) is 12.9. The zero-order valence-corrected chi connectivity index (χ0v) is 17.6. The predicted molar refractivity (Wildman–Crippen MR) is 121 cm³/mol. The van der Waals surface area contributed by atoms with Crippen LogP contribution in [0.25, 0.3) is 0 Å². The molecule has 0 bridgehead atoms. The van der Waals surface area contributed by atoms with E-state index >= 15 is 0 Å². The number of benzene rings is 2. The molecule has 4 N–H and O–H groups in total. The summed E-state index contributed by atoms with van der Waals surface area (Å²) in [4.78, 5) is 28.2. The second kappa shape index (κ2) is 10.6. The van der Waals surface area contributed by atoms with Crippen molar-refractivity contribution in [2.24, 2.45) is 4.99 Å². The molecule has 1 aliphatic heterocycles. The van der Waals surface area contributed by atoms with Crippen LogP contribution in [0.5, 0.6) is 0 Å². The molecule has 2 aromatic rings. The molecule has 0 aliphatic carbocycles. The summed E-state index contributed by atoms with van der Waals surface area (Å²) in [6.45, 7) is 1.20. The lowest BCUT2D eigenvalue weighted by Gasteiger charge is -2.26. The van der Waals surface area contributed by atoms with Crippen LogP contribution in [0.15, 0.2) is 53.5 Å². The highest BCUT2D eigenvalue weighted by Crippen LogP contribution is 2.31. The Bertz CT molecular complexity index is 914. The monoisotopic (exact) mass is 427 g/mol. The van der Waals surface area contributed by atoms with Crippen molar-refractivity contribution in [3.63, 3.8) is 0 Å². The van der Waals surface area contributed by atoms with Crippen LogP contribution in [0.2, 0.25) is 5.02 Å². The van der Waals surface area contributed by atoms with Crippen molar-refractivity contribution in [2.45, 2.75) is 25.2 Å². The third kappa shape index (κ3) is 6.22. The number of nitrogens with zero attached hydrogens (tertiary/aromatic N) is 1. The number of para-hydroxylation sites is 1. The fourth-order valence-electron chi connectivity index (χ4n) is 3.34. The Morgan fingerprint density at radius 2 is 1.93 bits per heavy atom. The highest BCUT2D eigenvalue weighted by Gasteiger charge is 2.24. The van der Waals surface area contributed by atoms with Crippen LogP contribution in [0, 0.1) is 0 Å². The molecule has 158 valence electrons. The van der Waals surface area contributed by atoms with Crippen LogP contribution < -0.4 is 21.3 Å². The molecule has 1 unspecified atom stereocenters. The minimum atomic E-state index is -0.0492. The Balaban J connectivity index is 1.39. The summed E-state index contributed by atoms with van der Waals surface area (Å²) in [7, 11) is 1.70. The van der Waals surface area contributed by atoms with Gasteiger partial charge in [-0.25, -0.2) is 0 Å². The Morgan fingerprint density at radius 1 is 1.17 bits per heavy atom. The van der Waals surface area contributed by atoms with Gasteiger partial charge < -0.3 is 21.3 Å². The van der Waals surface area contributed by atoms with Crippen LogP contribution in [0.3, 0.4) is 0 Å². The number of nitrogens with one attached hydrogen (secondary N) is 4. The van der Waals surface area contributed by atoms with Gasteiger partial charge in [-0.15, -0.1) is 0 Å². The number of guanidine groups is 1. The highest BCUT2D eigenvalue weighted by molar-refractivity contribution is 6.30. The summed E-state index contributed by atoms with van der Waals surface area (Å²) in [6, 6.07) is 14.9. The van der Waals surface area contributed by atoms with Gasteiger partial charge in [-0.05, 0) is 42.3 Å². The lowest BCUT2D eigenvalue weighted by molar-refractivity contribution is -0.117. The number of fused-ring (bicyclic) bond motifs is 1. The molecular weight excluding hydrogens is 402 g/mol. The van der Waals surface area contributed by atoms with Gasteiger partial charge in [0.1, 0.15) is 0 Å². The first-order valence-electron chi connectivity index (χ1n) is 9.94. The maximum atomic E-state index is 12.0. The largest absolute Gasteiger partial charge is 0.356 e. The lowest BCUT2D eigenvalue weighted by Crippen LogP contribution is -2.41. The molecule has 3 rings (SSSR count). The van der Waals surface area contributed by atoms with Gasteiger partial charge in [0.05, 0.1) is 0 Å². The zero-order valence-electron chi connectivity index (χ0n) is 16.9. The van der Waals surface area contributed by atoms with Crippen LogP contribution in [-0.2, 0) is 9.59 Å². The van der Waals surface area contributed by atoms with Gasteiger partial charge in [-0.2, -0.15) is 0 Å². The molecular formula is C22H26ClN5O2. The molecule has 1 heterocycles. The number of carbonyl (C=O) groups excluding carboxylic acids is 2. The first-order valence-corrected chi connectivity index (χ1v) is 10.3. The molecule has 2 aromatic carbocycles. The first-order chi connectivity index (χ1) is 14.5. The Kier molecular flexibility index (Phi) is 7.68. The molecule has 0 saturated carbocycles. The summed E-state index contributed by atoms with van der Waals surface area (Å²) < 4.78 is 0. The van der Waals surface area contributed by atoms with E-state index < -0.39 is 0 Å². The number of carbonyl (C=O) groups is 2. The fraction of sp³-hybridized carbons (Fsp3) is 0.318. The zero-order chi connectivity index (χ0) is 21.3. The first kappa shape index (κ1) is 21.6. The molecule has 1 atom stereocenters. The summed E-state index contributed by atoms with van der Waals surface area (Å²) in [6.07, 6.45) is 1.49. The fourth-order valence-corrected chi connectivity index (χ4v) is 3.46. The topological polar surface area (TPSA) is 94.6 Å². The molecule has 0 spiro atoms. The van der Waals surface area contributed by atoms with Crippen molar-refractivity contribution >= 4 is 40.7 Å². The van der Waals surface area contributed by atoms with Gasteiger partial charge in [-0.1, -0.05) is 29.8 Å². The highest BCUT2D eigenvalue weighted by atomic mass is 35.5. The number of aliphatic imine (C=N–C) groups is 1. The normalized spacial score (nSPS) is 15.7. The van der Waals surface area contributed by atoms with E-state index in [0.29, 0.717) is 43.3 Å². The van der Waals surface area contributed by atoms with E-state index in [9.17, 15) is 9.59 Å². The molecule has 0 saturated heterocycles. The second-order valence-corrected chi connectivity index (χ2v) is 7.51. The smallest absolute Gasteiger partial charge is 0.225 e. The van der Waals surface area contributed by atoms with E-state index in [0.717, 1.165) is 16.9 Å². The standard InChI is InChI=1S/C22H26ClN5O2/c1-24-22(25-12-4-7-20(29)27-17-10-8-16(23)9-11-17)26-14-15-13-21(30)28-19-6-3-2-5-18(15)19/h2-3,5-6,8-11,15H,4,7,12-14H2,1H3,(H,27,29)(H,28,30)(H2,24,25,26). The third-order valence-electron chi connectivity index (χ3n) is 4.85. The van der Waals surface area contributed by atoms with Crippen molar-refractivity contribution in [1.82, 2.24) is 10.6 Å². The van der Waals surface area contributed by atoms with Crippen molar-refractivity contribution in [1.29, 1.82) is 0 Å². The van der Waals surface area contributed by atoms with Crippen molar-refractivity contribution < 1.29 is 9.59 Å². The number of rotatable bonds is 7. The van der Waals surface area contributed by atoms with Crippen molar-refractivity contribution in [3.8, 4) is 0 Å². The van der Waals surface area contributed by atoms with E-state index in [4.69, 9.17) is 11.6 Å². The Hall–Kier alpha value is -3.06. The Labute approximate surface area is 181 Å². The average Bonchev–Trinajstić information content (AvgIpc) is 2.74. The molecule has 1 aliphatic rings. The third-order valence-corrected chi connectivity index (χ3v) is 5.10. The van der Waals surface area contributed by atoms with Gasteiger partial charge in [0.2, 0.25) is 11.8 Å². The quantitative estimate of drug-likeness (QED) is 0.309. The Morgan fingerprint density at radius 3 is 2.70 bits per heavy atom. The molecule has 0 aromatic heterocycles. The molecule has 7 nitrogen and oxygen atoms in total. The summed E-state index contributed by atoms with van der Waals surface area (Å²) in [5.74, 6) is 0.706. The van der Waals surface area contributed by atoms with Crippen molar-refractivity contribution in [2.75, 3.05) is 30.8 Å². The molecule has 8 heteroatoms. The van der Waals surface area contributed by atoms with Crippen LogP contribution in [0.1, 0.15) is 30.7 Å². The minimum Gasteiger partial charge on any atom is -0.356 e. The van der Waals surface area contributed by atoms with Crippen LogP contribution in [0.4, 0.5) is 11.4 Å². The summed E-state index contributed by atoms with van der Waals surface area (Å²) in [5.41, 5.74) is 2.72. The average molecular weight is 428 g/mol. The molecule has 0 fully saturated rings. The minimum absolute atomic E-state index is 0.0233. The molecule has 30 heavy (non-hydrogen) atoms. The molecule has 0 radical (unpaired) electrons. The number of hydrogen-bond donors (Lipinski definition) is 4. The predicted octanol–water partition coefficient (Wildman–Crippen LogP) is 3.35. The second-order valence-electron chi connectivity index (χ2n) is 7.07. The van der Waals surface area contributed by atoms with E-state index in [1.165, 1.54) is 0 Å². The molecule has 2 amide bonds. The number of halogens is 1. The lowest BCUT2D eigenvalue weighted by atomic mass is 9.90. The van der Waals surface area contributed by atoms with Crippen LogP contribution in [-0.4, -0.2) is 37.9 Å². The van der Waals surface area contributed by atoms with E-state index in [1.54, 1.807) is 31.3 Å². The van der Waals surface area contributed by atoms with Gasteiger partial charge in [0.25, 0.3) is 0 Å². The van der Waals surface area contributed by atoms with Gasteiger partial charge in [0.15, 0.2) is 5.96 Å². The van der Waals surface area contributed by atoms with E-state index in [1.807, 2.05) is 24.3 Å². The van der Waals surface area contributed by atoms with Gasteiger partial charge in [0, 0.05) is 55.3 Å². The summed E-state index contributed by atoms with van der Waals surface area (Å²) >= 11 is 5.84. The number of hydrogen-bond acceptors (Lipinski definition) is 3. The maximum absolute atomic E-state index is 12.0. The van der Waals surface area contributed by atoms with E-state index in [-0.39, 0.29) is 17.7 Å². The number of amides is 2. The van der Waals surface area contributed by atoms with Gasteiger partial charge in [-0.3, -0.25) is 14.6 Å². The van der Waals surface area contributed by atoms with Gasteiger partial charge >= 0.3 is 0 Å².